The van der Waals surface area contributed by atoms with Crippen molar-refractivity contribution >= 4 is 28.7 Å². The summed E-state index contributed by atoms with van der Waals surface area (Å²) in [5.41, 5.74) is 9.66. The van der Waals surface area contributed by atoms with Crippen molar-refractivity contribution < 1.29 is 19.1 Å². The van der Waals surface area contributed by atoms with Crippen LogP contribution in [0.15, 0.2) is 61.4 Å². The third-order valence-corrected chi connectivity index (χ3v) is 7.08. The molecule has 1 atom stereocenters. The highest BCUT2D eigenvalue weighted by molar-refractivity contribution is 6.00. The molecule has 40 heavy (non-hydrogen) atoms. The Bertz CT molecular complexity index is 1540. The number of ether oxygens (including phenoxy) is 2. The lowest BCUT2D eigenvalue weighted by Crippen LogP contribution is -2.40. The van der Waals surface area contributed by atoms with Crippen LogP contribution in [0, 0.1) is 0 Å². The van der Waals surface area contributed by atoms with E-state index in [1.54, 1.807) is 23.1 Å². The minimum Gasteiger partial charge on any atom is -0.496 e. The quantitative estimate of drug-likeness (QED) is 0.324. The smallest absolute Gasteiger partial charge is 0.259 e. The van der Waals surface area contributed by atoms with Crippen molar-refractivity contribution in [3.05, 3.63) is 72.6 Å². The number of rotatable bonds is 8. The molecular formula is C29H31N7O4. The summed E-state index contributed by atoms with van der Waals surface area (Å²) >= 11 is 0. The molecule has 0 radical (unpaired) electrons. The summed E-state index contributed by atoms with van der Waals surface area (Å²) in [5.74, 6) is 0.809. The zero-order valence-electron chi connectivity index (χ0n) is 22.5. The summed E-state index contributed by atoms with van der Waals surface area (Å²) in [5, 5.41) is 8.51. The molecule has 1 aliphatic rings. The van der Waals surface area contributed by atoms with E-state index < -0.39 is 0 Å². The van der Waals surface area contributed by atoms with Crippen LogP contribution in [-0.2, 0) is 11.3 Å². The van der Waals surface area contributed by atoms with Gasteiger partial charge in [-0.2, -0.15) is 5.10 Å². The van der Waals surface area contributed by atoms with Gasteiger partial charge < -0.3 is 25.4 Å². The summed E-state index contributed by atoms with van der Waals surface area (Å²) in [7, 11) is 3.02. The topological polar surface area (TPSA) is 137 Å². The normalized spacial score (nSPS) is 15.1. The minimum atomic E-state index is -0.301. The standard InChI is InChI=1S/C29H31N7O4/c1-4-23(37)35-14-6-7-20(16-35)36-28-25(27(30)32-17-33-28)26(34-36)19-12-10-18(11-13-19)15-31-29(38)24-21(39-2)8-5-9-22(24)40-3/h4-5,8-13,17,20H,1,6-7,14-16H2,2-3H3,(H,31,38)(H2,30,32,33)/t20-/m1/s1. The number of carbonyl (C=O) groups is 2. The number of nitrogens with two attached hydrogens (primary N) is 1. The number of benzene rings is 2. The predicted octanol–water partition coefficient (Wildman–Crippen LogP) is 3.37. The van der Waals surface area contributed by atoms with Gasteiger partial charge in [0.2, 0.25) is 5.91 Å². The van der Waals surface area contributed by atoms with Crippen molar-refractivity contribution in [1.29, 1.82) is 0 Å². The number of fused-ring (bicyclic) bond motifs is 1. The van der Waals surface area contributed by atoms with Gasteiger partial charge in [0.15, 0.2) is 5.65 Å². The molecule has 206 valence electrons. The molecule has 1 saturated heterocycles. The zero-order valence-corrected chi connectivity index (χ0v) is 22.5. The van der Waals surface area contributed by atoms with Crippen molar-refractivity contribution in [3.63, 3.8) is 0 Å². The van der Waals surface area contributed by atoms with Crippen LogP contribution in [0.25, 0.3) is 22.3 Å². The molecule has 0 unspecified atom stereocenters. The third-order valence-electron chi connectivity index (χ3n) is 7.08. The van der Waals surface area contributed by atoms with Gasteiger partial charge >= 0.3 is 0 Å². The Morgan fingerprint density at radius 1 is 1.12 bits per heavy atom. The maximum atomic E-state index is 12.9. The number of nitrogens with one attached hydrogen (secondary N) is 1. The monoisotopic (exact) mass is 541 g/mol. The van der Waals surface area contributed by atoms with Gasteiger partial charge in [0, 0.05) is 25.2 Å². The van der Waals surface area contributed by atoms with Crippen LogP contribution in [0.5, 0.6) is 11.5 Å². The number of likely N-dealkylation sites (tertiary alicyclic amines) is 1. The van der Waals surface area contributed by atoms with E-state index >= 15 is 0 Å². The first-order valence-electron chi connectivity index (χ1n) is 12.9. The van der Waals surface area contributed by atoms with E-state index in [4.69, 9.17) is 20.3 Å². The van der Waals surface area contributed by atoms with Gasteiger partial charge in [-0.05, 0) is 36.6 Å². The Morgan fingerprint density at radius 3 is 2.52 bits per heavy atom. The number of methoxy groups -OCH3 is 2. The Kier molecular flexibility index (Phi) is 7.63. The first-order valence-corrected chi connectivity index (χ1v) is 12.9. The molecule has 11 heteroatoms. The molecule has 0 bridgehead atoms. The van der Waals surface area contributed by atoms with E-state index in [0.29, 0.717) is 59.2 Å². The number of nitrogen functional groups attached to an aromatic ring is 1. The number of nitrogens with zero attached hydrogens (tertiary/aromatic N) is 5. The van der Waals surface area contributed by atoms with Gasteiger partial charge in [-0.25, -0.2) is 14.6 Å². The highest BCUT2D eigenvalue weighted by Gasteiger charge is 2.28. The van der Waals surface area contributed by atoms with E-state index in [0.717, 1.165) is 24.0 Å². The van der Waals surface area contributed by atoms with Crippen LogP contribution in [-0.4, -0.2) is 63.8 Å². The van der Waals surface area contributed by atoms with Crippen LogP contribution in [0.4, 0.5) is 5.82 Å². The fourth-order valence-electron chi connectivity index (χ4n) is 5.06. The zero-order chi connectivity index (χ0) is 28.2. The van der Waals surface area contributed by atoms with Crippen molar-refractivity contribution in [1.82, 2.24) is 30.0 Å². The Hall–Kier alpha value is -4.93. The number of anilines is 1. The molecule has 0 saturated carbocycles. The molecule has 11 nitrogen and oxygen atoms in total. The number of hydrogen-bond donors (Lipinski definition) is 2. The number of amides is 2. The van der Waals surface area contributed by atoms with Crippen molar-refractivity contribution in [2.75, 3.05) is 33.0 Å². The SMILES string of the molecule is C=CC(=O)N1CCC[C@@H](n2nc(-c3ccc(CNC(=O)c4c(OC)cccc4OC)cc3)c3c(N)ncnc32)C1. The summed E-state index contributed by atoms with van der Waals surface area (Å²) in [6, 6.07) is 12.8. The van der Waals surface area contributed by atoms with Crippen LogP contribution < -0.4 is 20.5 Å². The minimum absolute atomic E-state index is 0.0512. The summed E-state index contributed by atoms with van der Waals surface area (Å²) in [4.78, 5) is 35.7. The highest BCUT2D eigenvalue weighted by Crippen LogP contribution is 2.34. The highest BCUT2D eigenvalue weighted by atomic mass is 16.5. The average Bonchev–Trinajstić information content (AvgIpc) is 3.40. The van der Waals surface area contributed by atoms with E-state index in [1.807, 2.05) is 28.9 Å². The average molecular weight is 542 g/mol. The lowest BCUT2D eigenvalue weighted by molar-refractivity contribution is -0.127. The first kappa shape index (κ1) is 26.7. The molecule has 1 fully saturated rings. The van der Waals surface area contributed by atoms with E-state index in [9.17, 15) is 9.59 Å². The summed E-state index contributed by atoms with van der Waals surface area (Å²) in [6.45, 7) is 5.12. The predicted molar refractivity (Wildman–Crippen MR) is 151 cm³/mol. The molecule has 3 N–H and O–H groups in total. The van der Waals surface area contributed by atoms with Gasteiger partial charge in [0.05, 0.1) is 25.6 Å². The first-order chi connectivity index (χ1) is 19.4. The number of aromatic nitrogens is 4. The fraction of sp³-hybridized carbons (Fsp3) is 0.276. The molecule has 2 aromatic heterocycles. The maximum absolute atomic E-state index is 12.9. The fourth-order valence-corrected chi connectivity index (χ4v) is 5.06. The molecule has 1 aliphatic heterocycles. The third kappa shape index (κ3) is 5.05. The summed E-state index contributed by atoms with van der Waals surface area (Å²) in [6.07, 6.45) is 4.48. The largest absolute Gasteiger partial charge is 0.496 e. The molecule has 3 heterocycles. The second-order valence-corrected chi connectivity index (χ2v) is 9.45. The Labute approximate surface area is 231 Å². The van der Waals surface area contributed by atoms with Gasteiger partial charge in [-0.15, -0.1) is 0 Å². The van der Waals surface area contributed by atoms with E-state index in [1.165, 1.54) is 26.6 Å². The van der Waals surface area contributed by atoms with E-state index in [-0.39, 0.29) is 17.9 Å². The molecule has 5 rings (SSSR count). The number of carbonyl (C=O) groups excluding carboxylic acids is 2. The van der Waals surface area contributed by atoms with Crippen molar-refractivity contribution in [3.8, 4) is 22.8 Å². The van der Waals surface area contributed by atoms with Crippen molar-refractivity contribution in [2.45, 2.75) is 25.4 Å². The number of piperidine rings is 1. The Balaban J connectivity index is 1.39. The van der Waals surface area contributed by atoms with Crippen LogP contribution in [0.2, 0.25) is 0 Å². The van der Waals surface area contributed by atoms with E-state index in [2.05, 4.69) is 21.9 Å². The van der Waals surface area contributed by atoms with Crippen LogP contribution in [0.1, 0.15) is 34.8 Å². The van der Waals surface area contributed by atoms with Gasteiger partial charge in [0.25, 0.3) is 5.91 Å². The molecule has 4 aromatic rings. The van der Waals surface area contributed by atoms with Crippen LogP contribution >= 0.6 is 0 Å². The van der Waals surface area contributed by atoms with Gasteiger partial charge in [-0.1, -0.05) is 36.9 Å². The maximum Gasteiger partial charge on any atom is 0.259 e. The molecule has 0 spiro atoms. The second kappa shape index (κ2) is 11.4. The molecular weight excluding hydrogens is 510 g/mol. The molecule has 2 amide bonds. The molecule has 2 aromatic carbocycles. The van der Waals surface area contributed by atoms with Gasteiger partial charge in [0.1, 0.15) is 34.9 Å². The van der Waals surface area contributed by atoms with Gasteiger partial charge in [-0.3, -0.25) is 9.59 Å². The lowest BCUT2D eigenvalue weighted by Gasteiger charge is -2.32. The molecule has 0 aliphatic carbocycles. The summed E-state index contributed by atoms with van der Waals surface area (Å²) < 4.78 is 12.6. The van der Waals surface area contributed by atoms with Crippen LogP contribution in [0.3, 0.4) is 0 Å². The number of hydrogen-bond acceptors (Lipinski definition) is 8. The second-order valence-electron chi connectivity index (χ2n) is 9.45. The van der Waals surface area contributed by atoms with Crippen molar-refractivity contribution in [2.24, 2.45) is 0 Å². The Morgan fingerprint density at radius 2 is 1.85 bits per heavy atom. The lowest BCUT2D eigenvalue weighted by atomic mass is 10.1.